The Morgan fingerprint density at radius 2 is 1.97 bits per heavy atom. The minimum absolute atomic E-state index is 0.000146. The van der Waals surface area contributed by atoms with Crippen molar-refractivity contribution in [2.24, 2.45) is 0 Å². The molecule has 3 aromatic rings. The highest BCUT2D eigenvalue weighted by atomic mass is 35.5. The number of ether oxygens (including phenoxy) is 1. The van der Waals surface area contributed by atoms with Crippen molar-refractivity contribution >= 4 is 33.2 Å². The second kappa shape index (κ2) is 8.52. The average Bonchev–Trinajstić information content (AvgIpc) is 3.11. The summed E-state index contributed by atoms with van der Waals surface area (Å²) in [4.78, 5) is 17.0. The maximum absolute atomic E-state index is 12.7. The van der Waals surface area contributed by atoms with Crippen molar-refractivity contribution in [3.63, 3.8) is 0 Å². The maximum Gasteiger partial charge on any atom is 0.340 e. The van der Waals surface area contributed by atoms with E-state index in [0.717, 1.165) is 11.2 Å². The van der Waals surface area contributed by atoms with Gasteiger partial charge in [-0.2, -0.15) is 4.31 Å². The van der Waals surface area contributed by atoms with Crippen molar-refractivity contribution < 1.29 is 17.9 Å². The van der Waals surface area contributed by atoms with Gasteiger partial charge in [-0.1, -0.05) is 31.5 Å². The fourth-order valence-electron chi connectivity index (χ4n) is 3.03. The molecule has 0 N–H and O–H groups in total. The summed E-state index contributed by atoms with van der Waals surface area (Å²) in [5, 5.41) is 0.124. The zero-order chi connectivity index (χ0) is 21.2. The Bertz CT molecular complexity index is 1150. The summed E-state index contributed by atoms with van der Waals surface area (Å²) >= 11 is 6.13. The van der Waals surface area contributed by atoms with Gasteiger partial charge in [0.1, 0.15) is 12.3 Å². The van der Waals surface area contributed by atoms with Gasteiger partial charge in [0.25, 0.3) is 0 Å². The Morgan fingerprint density at radius 1 is 1.24 bits per heavy atom. The van der Waals surface area contributed by atoms with Crippen LogP contribution in [0.15, 0.2) is 47.6 Å². The number of aromatic nitrogens is 2. The summed E-state index contributed by atoms with van der Waals surface area (Å²) in [6, 6.07) is 7.88. The molecule has 1 aromatic carbocycles. The molecule has 9 heteroatoms. The molecule has 2 heterocycles. The molecule has 0 aliphatic heterocycles. The van der Waals surface area contributed by atoms with Crippen molar-refractivity contribution in [1.82, 2.24) is 13.7 Å². The first kappa shape index (κ1) is 21.3. The van der Waals surface area contributed by atoms with Crippen LogP contribution in [0.2, 0.25) is 5.02 Å². The zero-order valence-electron chi connectivity index (χ0n) is 16.4. The Morgan fingerprint density at radius 3 is 2.62 bits per heavy atom. The van der Waals surface area contributed by atoms with Crippen LogP contribution >= 0.6 is 11.6 Å². The third-order valence-electron chi connectivity index (χ3n) is 4.58. The quantitative estimate of drug-likeness (QED) is 0.529. The number of nitrogens with zero attached hydrogens (tertiary/aromatic N) is 3. The van der Waals surface area contributed by atoms with E-state index in [1.807, 2.05) is 29.7 Å². The highest BCUT2D eigenvalue weighted by Crippen LogP contribution is 2.24. The highest BCUT2D eigenvalue weighted by molar-refractivity contribution is 7.89. The third kappa shape index (κ3) is 4.29. The van der Waals surface area contributed by atoms with E-state index in [2.05, 4.69) is 4.98 Å². The fourth-order valence-corrected chi connectivity index (χ4v) is 4.70. The van der Waals surface area contributed by atoms with Crippen LogP contribution in [0.3, 0.4) is 0 Å². The largest absolute Gasteiger partial charge is 0.455 e. The molecule has 0 unspecified atom stereocenters. The molecule has 0 amide bonds. The maximum atomic E-state index is 12.7. The van der Waals surface area contributed by atoms with Gasteiger partial charge >= 0.3 is 5.97 Å². The minimum atomic E-state index is -3.71. The number of rotatable bonds is 7. The normalized spacial score (nSPS) is 11.9. The third-order valence-corrected chi connectivity index (χ3v) is 6.96. The van der Waals surface area contributed by atoms with Gasteiger partial charge in [0.2, 0.25) is 10.0 Å². The number of halogens is 1. The number of esters is 1. The predicted octanol–water partition coefficient (Wildman–Crippen LogP) is 3.68. The van der Waals surface area contributed by atoms with Crippen LogP contribution in [0.25, 0.3) is 5.65 Å². The molecule has 0 bridgehead atoms. The monoisotopic (exact) mass is 435 g/mol. The summed E-state index contributed by atoms with van der Waals surface area (Å²) in [7, 11) is -3.71. The lowest BCUT2D eigenvalue weighted by Gasteiger charge is -2.19. The van der Waals surface area contributed by atoms with E-state index in [1.165, 1.54) is 22.5 Å². The summed E-state index contributed by atoms with van der Waals surface area (Å²) in [5.74, 6) is -0.708. The van der Waals surface area contributed by atoms with E-state index >= 15 is 0 Å². The molecular formula is C20H22ClN3O4S. The average molecular weight is 436 g/mol. The Balaban J connectivity index is 1.82. The minimum Gasteiger partial charge on any atom is -0.455 e. The first-order chi connectivity index (χ1) is 13.8. The van der Waals surface area contributed by atoms with E-state index in [9.17, 15) is 13.2 Å². The molecule has 0 fully saturated rings. The molecule has 29 heavy (non-hydrogen) atoms. The number of aryl methyl sites for hydroxylation is 1. The Labute approximate surface area is 174 Å². The van der Waals surface area contributed by atoms with E-state index in [0.29, 0.717) is 18.8 Å². The smallest absolute Gasteiger partial charge is 0.340 e. The summed E-state index contributed by atoms with van der Waals surface area (Å²) in [5.41, 5.74) is 2.36. The van der Waals surface area contributed by atoms with Gasteiger partial charge in [-0.05, 0) is 36.8 Å². The standard InChI is InChI=1S/C20H22ClN3O4S/c1-4-24(5-2)29(26,27)16-8-9-18(21)17(11-16)20(25)28-13-15-12-23-10-6-7-14(3)19(23)22-15/h6-12H,4-5,13H2,1-3H3. The molecule has 0 saturated heterocycles. The van der Waals surface area contributed by atoms with Crippen molar-refractivity contribution in [3.05, 3.63) is 64.6 Å². The number of imidazole rings is 1. The van der Waals surface area contributed by atoms with Crippen LogP contribution in [-0.2, 0) is 21.4 Å². The van der Waals surface area contributed by atoms with Gasteiger partial charge in [-0.15, -0.1) is 0 Å². The Hall–Kier alpha value is -2.42. The van der Waals surface area contributed by atoms with Crippen LogP contribution in [0.1, 0.15) is 35.5 Å². The first-order valence-electron chi connectivity index (χ1n) is 9.18. The molecule has 0 radical (unpaired) electrons. The van der Waals surface area contributed by atoms with E-state index in [4.69, 9.17) is 16.3 Å². The summed E-state index contributed by atoms with van der Waals surface area (Å²) < 4.78 is 33.9. The SMILES string of the molecule is CCN(CC)S(=O)(=O)c1ccc(Cl)c(C(=O)OCc2cn3cccc(C)c3n2)c1. The number of carbonyl (C=O) groups excluding carboxylic acids is 1. The second-order valence-electron chi connectivity index (χ2n) is 6.46. The fraction of sp³-hybridized carbons (Fsp3) is 0.300. The number of fused-ring (bicyclic) bond motifs is 1. The number of pyridine rings is 1. The Kier molecular flexibility index (Phi) is 6.26. The lowest BCUT2D eigenvalue weighted by atomic mass is 10.2. The molecule has 0 spiro atoms. The predicted molar refractivity (Wildman–Crippen MR) is 111 cm³/mol. The molecule has 0 aliphatic rings. The molecule has 154 valence electrons. The van der Waals surface area contributed by atoms with Crippen molar-refractivity contribution in [2.75, 3.05) is 13.1 Å². The lowest BCUT2D eigenvalue weighted by molar-refractivity contribution is 0.0468. The highest BCUT2D eigenvalue weighted by Gasteiger charge is 2.24. The van der Waals surface area contributed by atoms with Crippen molar-refractivity contribution in [1.29, 1.82) is 0 Å². The molecule has 2 aromatic heterocycles. The zero-order valence-corrected chi connectivity index (χ0v) is 18.0. The number of sulfonamides is 1. The summed E-state index contributed by atoms with van der Waals surface area (Å²) in [6.07, 6.45) is 3.64. The number of benzene rings is 1. The van der Waals surface area contributed by atoms with Crippen LogP contribution in [0, 0.1) is 6.92 Å². The van der Waals surface area contributed by atoms with Crippen LogP contribution in [-0.4, -0.2) is 41.2 Å². The van der Waals surface area contributed by atoms with Gasteiger partial charge in [-0.25, -0.2) is 18.2 Å². The lowest BCUT2D eigenvalue weighted by Crippen LogP contribution is -2.30. The summed E-state index contributed by atoms with van der Waals surface area (Å²) in [6.45, 7) is 6.05. The molecule has 7 nitrogen and oxygen atoms in total. The van der Waals surface area contributed by atoms with E-state index in [1.54, 1.807) is 20.0 Å². The van der Waals surface area contributed by atoms with Gasteiger partial charge in [0.05, 0.1) is 21.2 Å². The van der Waals surface area contributed by atoms with Gasteiger partial charge in [-0.3, -0.25) is 0 Å². The molecule has 0 atom stereocenters. The van der Waals surface area contributed by atoms with Gasteiger partial charge in [0.15, 0.2) is 0 Å². The van der Waals surface area contributed by atoms with E-state index < -0.39 is 16.0 Å². The number of hydrogen-bond acceptors (Lipinski definition) is 5. The number of carbonyl (C=O) groups is 1. The molecule has 0 saturated carbocycles. The van der Waals surface area contributed by atoms with Gasteiger partial charge < -0.3 is 9.14 Å². The molecular weight excluding hydrogens is 414 g/mol. The topological polar surface area (TPSA) is 81.0 Å². The van der Waals surface area contributed by atoms with E-state index in [-0.39, 0.29) is 22.1 Å². The van der Waals surface area contributed by atoms with Crippen LogP contribution in [0.5, 0.6) is 0 Å². The second-order valence-corrected chi connectivity index (χ2v) is 8.81. The number of hydrogen-bond donors (Lipinski definition) is 0. The van der Waals surface area contributed by atoms with Crippen LogP contribution < -0.4 is 0 Å². The van der Waals surface area contributed by atoms with Crippen molar-refractivity contribution in [2.45, 2.75) is 32.3 Å². The molecule has 3 rings (SSSR count). The van der Waals surface area contributed by atoms with Crippen LogP contribution in [0.4, 0.5) is 0 Å². The van der Waals surface area contributed by atoms with Crippen molar-refractivity contribution in [3.8, 4) is 0 Å². The first-order valence-corrected chi connectivity index (χ1v) is 11.0. The molecule has 0 aliphatic carbocycles. The van der Waals surface area contributed by atoms with Gasteiger partial charge in [0, 0.05) is 25.5 Å².